The Balaban J connectivity index is 2.09. The summed E-state index contributed by atoms with van der Waals surface area (Å²) in [5.74, 6) is 1.04. The Bertz CT molecular complexity index is 540. The van der Waals surface area contributed by atoms with Gasteiger partial charge in [0.1, 0.15) is 11.6 Å². The second-order valence-corrected chi connectivity index (χ2v) is 4.48. The zero-order valence-electron chi connectivity index (χ0n) is 9.74. The van der Waals surface area contributed by atoms with Crippen LogP contribution in [0.3, 0.4) is 0 Å². The predicted octanol–water partition coefficient (Wildman–Crippen LogP) is 2.11. The average Bonchev–Trinajstić information content (AvgIpc) is 2.88. The molecule has 0 aliphatic carbocycles. The molecule has 1 aromatic carbocycles. The van der Waals surface area contributed by atoms with Gasteiger partial charge in [0.05, 0.1) is 19.2 Å². The number of carbonyl (C=O) groups is 1. The molecule has 2 N–H and O–H groups in total. The van der Waals surface area contributed by atoms with Crippen LogP contribution in [-0.2, 0) is 6.54 Å². The van der Waals surface area contributed by atoms with Gasteiger partial charge in [0.2, 0.25) is 0 Å². The zero-order chi connectivity index (χ0) is 13.0. The molecule has 5 nitrogen and oxygen atoms in total. The topological polar surface area (TPSA) is 67.0 Å². The highest BCUT2D eigenvalue weighted by Crippen LogP contribution is 2.23. The molecule has 0 bridgehead atoms. The van der Waals surface area contributed by atoms with Gasteiger partial charge in [0, 0.05) is 16.9 Å². The number of carbonyl (C=O) groups excluding carboxylic acids is 1. The minimum absolute atomic E-state index is 0.198. The third kappa shape index (κ3) is 2.89. The number of aromatic nitrogens is 2. The van der Waals surface area contributed by atoms with E-state index >= 15 is 0 Å². The van der Waals surface area contributed by atoms with Gasteiger partial charge in [-0.05, 0) is 18.2 Å². The average molecular weight is 310 g/mol. The number of hydrogen-bond donors (Lipinski definition) is 2. The molecule has 2 aromatic rings. The van der Waals surface area contributed by atoms with Crippen molar-refractivity contribution in [3.63, 3.8) is 0 Å². The van der Waals surface area contributed by atoms with Crippen LogP contribution < -0.4 is 10.1 Å². The van der Waals surface area contributed by atoms with Crippen molar-refractivity contribution in [3.8, 4) is 5.75 Å². The number of aromatic amines is 1. The van der Waals surface area contributed by atoms with Crippen LogP contribution in [0.25, 0.3) is 0 Å². The predicted molar refractivity (Wildman–Crippen MR) is 70.5 cm³/mol. The monoisotopic (exact) mass is 309 g/mol. The Morgan fingerprint density at radius 2 is 2.39 bits per heavy atom. The SMILES string of the molecule is COc1cc(Br)ccc1C(=O)NCc1ncc[nH]1. The number of rotatable bonds is 4. The fourth-order valence-electron chi connectivity index (χ4n) is 1.51. The van der Waals surface area contributed by atoms with Crippen LogP contribution in [0, 0.1) is 0 Å². The Hall–Kier alpha value is -1.82. The summed E-state index contributed by atoms with van der Waals surface area (Å²) >= 11 is 3.33. The van der Waals surface area contributed by atoms with Crippen LogP contribution in [0.1, 0.15) is 16.2 Å². The first-order valence-electron chi connectivity index (χ1n) is 5.30. The fourth-order valence-corrected chi connectivity index (χ4v) is 1.85. The summed E-state index contributed by atoms with van der Waals surface area (Å²) in [5, 5.41) is 2.77. The molecule has 0 saturated heterocycles. The van der Waals surface area contributed by atoms with Crippen LogP contribution in [-0.4, -0.2) is 23.0 Å². The summed E-state index contributed by atoms with van der Waals surface area (Å²) in [6.45, 7) is 0.352. The number of hydrogen-bond acceptors (Lipinski definition) is 3. The maximum absolute atomic E-state index is 12.0. The maximum Gasteiger partial charge on any atom is 0.255 e. The fraction of sp³-hybridized carbons (Fsp3) is 0.167. The van der Waals surface area contributed by atoms with Crippen LogP contribution in [0.15, 0.2) is 35.1 Å². The summed E-state index contributed by atoms with van der Waals surface area (Å²) < 4.78 is 6.03. The van der Waals surface area contributed by atoms with Gasteiger partial charge in [0.25, 0.3) is 5.91 Å². The molecule has 0 aliphatic heterocycles. The van der Waals surface area contributed by atoms with E-state index in [0.717, 1.165) is 4.47 Å². The van der Waals surface area contributed by atoms with Crippen molar-refractivity contribution < 1.29 is 9.53 Å². The number of amides is 1. The van der Waals surface area contributed by atoms with Gasteiger partial charge in [0.15, 0.2) is 0 Å². The van der Waals surface area contributed by atoms with E-state index in [1.165, 1.54) is 7.11 Å². The van der Waals surface area contributed by atoms with Gasteiger partial charge < -0.3 is 15.0 Å². The largest absolute Gasteiger partial charge is 0.496 e. The number of halogens is 1. The molecule has 2 rings (SSSR count). The van der Waals surface area contributed by atoms with E-state index in [0.29, 0.717) is 23.7 Å². The summed E-state index contributed by atoms with van der Waals surface area (Å²) in [6.07, 6.45) is 3.35. The number of H-pyrrole nitrogens is 1. The van der Waals surface area contributed by atoms with Gasteiger partial charge in [-0.1, -0.05) is 15.9 Å². The first kappa shape index (κ1) is 12.6. The van der Waals surface area contributed by atoms with E-state index in [-0.39, 0.29) is 5.91 Å². The molecule has 94 valence electrons. The van der Waals surface area contributed by atoms with Gasteiger partial charge in [-0.3, -0.25) is 4.79 Å². The van der Waals surface area contributed by atoms with Crippen molar-refractivity contribution in [2.75, 3.05) is 7.11 Å². The number of methoxy groups -OCH3 is 1. The maximum atomic E-state index is 12.0. The van der Waals surface area contributed by atoms with Gasteiger partial charge in [-0.25, -0.2) is 4.98 Å². The summed E-state index contributed by atoms with van der Waals surface area (Å²) in [5.41, 5.74) is 0.493. The second kappa shape index (κ2) is 5.68. The van der Waals surface area contributed by atoms with Crippen molar-refractivity contribution in [2.45, 2.75) is 6.54 Å². The number of nitrogens with zero attached hydrogens (tertiary/aromatic N) is 1. The molecule has 0 radical (unpaired) electrons. The number of imidazole rings is 1. The quantitative estimate of drug-likeness (QED) is 0.909. The van der Waals surface area contributed by atoms with E-state index in [2.05, 4.69) is 31.2 Å². The van der Waals surface area contributed by atoms with Crippen LogP contribution >= 0.6 is 15.9 Å². The lowest BCUT2D eigenvalue weighted by Crippen LogP contribution is -2.23. The smallest absolute Gasteiger partial charge is 0.255 e. The Morgan fingerprint density at radius 1 is 1.56 bits per heavy atom. The van der Waals surface area contributed by atoms with Crippen molar-refractivity contribution in [1.82, 2.24) is 15.3 Å². The van der Waals surface area contributed by atoms with Crippen LogP contribution in [0.4, 0.5) is 0 Å². The lowest BCUT2D eigenvalue weighted by Gasteiger charge is -2.08. The Kier molecular flexibility index (Phi) is 3.99. The molecular formula is C12H12BrN3O2. The Labute approximate surface area is 113 Å². The number of nitrogens with one attached hydrogen (secondary N) is 2. The number of benzene rings is 1. The molecule has 0 fully saturated rings. The molecule has 0 spiro atoms. The van der Waals surface area contributed by atoms with Crippen molar-refractivity contribution in [2.24, 2.45) is 0 Å². The minimum atomic E-state index is -0.198. The summed E-state index contributed by atoms with van der Waals surface area (Å²) in [6, 6.07) is 5.26. The second-order valence-electron chi connectivity index (χ2n) is 3.56. The third-order valence-corrected chi connectivity index (χ3v) is 2.87. The minimum Gasteiger partial charge on any atom is -0.496 e. The molecule has 0 atom stereocenters. The lowest BCUT2D eigenvalue weighted by molar-refractivity contribution is 0.0947. The number of ether oxygens (including phenoxy) is 1. The standard InChI is InChI=1S/C12H12BrN3O2/c1-18-10-6-8(13)2-3-9(10)12(17)16-7-11-14-4-5-15-11/h2-6H,7H2,1H3,(H,14,15)(H,16,17). The van der Waals surface area contributed by atoms with Gasteiger partial charge in [-0.2, -0.15) is 0 Å². The van der Waals surface area contributed by atoms with Gasteiger partial charge in [-0.15, -0.1) is 0 Å². The normalized spacial score (nSPS) is 10.1. The first-order valence-corrected chi connectivity index (χ1v) is 6.10. The highest BCUT2D eigenvalue weighted by Gasteiger charge is 2.12. The van der Waals surface area contributed by atoms with E-state index in [4.69, 9.17) is 4.74 Å². The molecule has 0 aliphatic rings. The van der Waals surface area contributed by atoms with E-state index in [1.807, 2.05) is 0 Å². The third-order valence-electron chi connectivity index (χ3n) is 2.38. The zero-order valence-corrected chi connectivity index (χ0v) is 11.3. The Morgan fingerprint density at radius 3 is 3.06 bits per heavy atom. The molecule has 0 unspecified atom stereocenters. The molecule has 1 heterocycles. The van der Waals surface area contributed by atoms with E-state index in [1.54, 1.807) is 30.6 Å². The molecule has 18 heavy (non-hydrogen) atoms. The van der Waals surface area contributed by atoms with Crippen LogP contribution in [0.2, 0.25) is 0 Å². The van der Waals surface area contributed by atoms with E-state index < -0.39 is 0 Å². The van der Waals surface area contributed by atoms with Crippen LogP contribution in [0.5, 0.6) is 5.75 Å². The highest BCUT2D eigenvalue weighted by molar-refractivity contribution is 9.10. The molecule has 0 saturated carbocycles. The first-order chi connectivity index (χ1) is 8.70. The molecule has 1 amide bonds. The van der Waals surface area contributed by atoms with Crippen molar-refractivity contribution in [3.05, 3.63) is 46.5 Å². The molecule has 1 aromatic heterocycles. The van der Waals surface area contributed by atoms with Crippen molar-refractivity contribution >= 4 is 21.8 Å². The molecular weight excluding hydrogens is 298 g/mol. The lowest BCUT2D eigenvalue weighted by atomic mass is 10.2. The summed E-state index contributed by atoms with van der Waals surface area (Å²) in [7, 11) is 1.53. The highest BCUT2D eigenvalue weighted by atomic mass is 79.9. The molecule has 6 heteroatoms. The summed E-state index contributed by atoms with van der Waals surface area (Å²) in [4.78, 5) is 18.9. The van der Waals surface area contributed by atoms with Crippen molar-refractivity contribution in [1.29, 1.82) is 0 Å². The van der Waals surface area contributed by atoms with E-state index in [9.17, 15) is 4.79 Å². The van der Waals surface area contributed by atoms with Gasteiger partial charge >= 0.3 is 0 Å².